The van der Waals surface area contributed by atoms with E-state index < -0.39 is 0 Å². The zero-order valence-corrected chi connectivity index (χ0v) is 9.68. The molecule has 0 aromatic rings. The summed E-state index contributed by atoms with van der Waals surface area (Å²) >= 11 is 0. The van der Waals surface area contributed by atoms with E-state index in [1.54, 1.807) is 0 Å². The van der Waals surface area contributed by atoms with E-state index in [1.165, 1.54) is 19.3 Å². The molecule has 3 fully saturated rings. The first-order valence-electron chi connectivity index (χ1n) is 6.11. The maximum absolute atomic E-state index is 12.2. The van der Waals surface area contributed by atoms with Gasteiger partial charge in [0, 0.05) is 6.04 Å². The lowest BCUT2D eigenvalue weighted by Crippen LogP contribution is -2.44. The SMILES string of the molecule is CC1(C)CCCC1N1CNC2(CC2)C1=O. The Kier molecular flexibility index (Phi) is 1.77. The van der Waals surface area contributed by atoms with Gasteiger partial charge in [-0.2, -0.15) is 0 Å². The third-order valence-corrected chi connectivity index (χ3v) is 4.59. The number of nitrogens with zero attached hydrogens (tertiary/aromatic N) is 1. The maximum atomic E-state index is 12.2. The van der Waals surface area contributed by atoms with Gasteiger partial charge in [0.2, 0.25) is 5.91 Å². The third kappa shape index (κ3) is 1.25. The van der Waals surface area contributed by atoms with E-state index in [9.17, 15) is 4.79 Å². The van der Waals surface area contributed by atoms with Crippen LogP contribution in [0.1, 0.15) is 46.0 Å². The third-order valence-electron chi connectivity index (χ3n) is 4.59. The summed E-state index contributed by atoms with van der Waals surface area (Å²) in [5, 5.41) is 3.40. The average Bonchev–Trinajstić information content (AvgIpc) is 2.79. The summed E-state index contributed by atoms with van der Waals surface area (Å²) in [4.78, 5) is 14.3. The molecule has 0 bridgehead atoms. The van der Waals surface area contributed by atoms with Gasteiger partial charge in [0.25, 0.3) is 0 Å². The second kappa shape index (κ2) is 2.76. The van der Waals surface area contributed by atoms with Crippen molar-refractivity contribution >= 4 is 5.91 Å². The molecule has 1 heterocycles. The molecule has 3 heteroatoms. The van der Waals surface area contributed by atoms with Crippen LogP contribution in [0.3, 0.4) is 0 Å². The number of amides is 1. The molecule has 1 N–H and O–H groups in total. The number of hydrogen-bond acceptors (Lipinski definition) is 2. The Bertz CT molecular complexity index is 307. The van der Waals surface area contributed by atoms with Gasteiger partial charge in [-0.25, -0.2) is 0 Å². The van der Waals surface area contributed by atoms with Gasteiger partial charge >= 0.3 is 0 Å². The molecule has 3 aliphatic rings. The fraction of sp³-hybridized carbons (Fsp3) is 0.917. The number of carbonyl (C=O) groups is 1. The number of hydrogen-bond donors (Lipinski definition) is 1. The molecule has 3 nitrogen and oxygen atoms in total. The van der Waals surface area contributed by atoms with Crippen LogP contribution in [-0.4, -0.2) is 29.1 Å². The van der Waals surface area contributed by atoms with Crippen LogP contribution in [0, 0.1) is 5.41 Å². The molecule has 2 aliphatic carbocycles. The van der Waals surface area contributed by atoms with E-state index >= 15 is 0 Å². The number of nitrogens with one attached hydrogen (secondary N) is 1. The van der Waals surface area contributed by atoms with E-state index in [0.717, 1.165) is 19.5 Å². The summed E-state index contributed by atoms with van der Waals surface area (Å²) in [6.45, 7) is 5.39. The minimum absolute atomic E-state index is 0.112. The van der Waals surface area contributed by atoms with Crippen LogP contribution in [-0.2, 0) is 4.79 Å². The molecule has 1 saturated heterocycles. The van der Waals surface area contributed by atoms with Crippen molar-refractivity contribution in [3.63, 3.8) is 0 Å². The van der Waals surface area contributed by atoms with Crippen molar-refractivity contribution in [3.05, 3.63) is 0 Å². The first-order chi connectivity index (χ1) is 7.05. The molecule has 1 unspecified atom stereocenters. The van der Waals surface area contributed by atoms with Gasteiger partial charge in [-0.05, 0) is 31.1 Å². The summed E-state index contributed by atoms with van der Waals surface area (Å²) in [6.07, 6.45) is 5.82. The average molecular weight is 208 g/mol. The van der Waals surface area contributed by atoms with Gasteiger partial charge < -0.3 is 4.90 Å². The highest BCUT2D eigenvalue weighted by molar-refractivity contribution is 5.91. The molecular formula is C12H20N2O. The van der Waals surface area contributed by atoms with Crippen molar-refractivity contribution in [1.29, 1.82) is 0 Å². The minimum Gasteiger partial charge on any atom is -0.325 e. The molecule has 2 saturated carbocycles. The van der Waals surface area contributed by atoms with Gasteiger partial charge in [0.05, 0.1) is 12.2 Å². The van der Waals surface area contributed by atoms with E-state index in [-0.39, 0.29) is 5.54 Å². The molecule has 1 amide bonds. The van der Waals surface area contributed by atoms with Crippen molar-refractivity contribution in [1.82, 2.24) is 10.2 Å². The molecule has 84 valence electrons. The molecule has 1 atom stereocenters. The van der Waals surface area contributed by atoms with E-state index in [4.69, 9.17) is 0 Å². The second-order valence-electron chi connectivity index (χ2n) is 6.09. The summed E-state index contributed by atoms with van der Waals surface area (Å²) in [5.41, 5.74) is 0.205. The lowest BCUT2D eigenvalue weighted by molar-refractivity contribution is -0.133. The first kappa shape index (κ1) is 9.64. The number of rotatable bonds is 1. The predicted molar refractivity (Wildman–Crippen MR) is 58.2 cm³/mol. The summed E-state index contributed by atoms with van der Waals surface area (Å²) < 4.78 is 0. The fourth-order valence-corrected chi connectivity index (χ4v) is 3.31. The van der Waals surface area contributed by atoms with Crippen molar-refractivity contribution in [3.8, 4) is 0 Å². The Morgan fingerprint density at radius 3 is 2.53 bits per heavy atom. The highest BCUT2D eigenvalue weighted by Crippen LogP contribution is 2.46. The van der Waals surface area contributed by atoms with Crippen LogP contribution in [0.4, 0.5) is 0 Å². The Morgan fingerprint density at radius 2 is 2.07 bits per heavy atom. The monoisotopic (exact) mass is 208 g/mol. The van der Waals surface area contributed by atoms with Crippen molar-refractivity contribution < 1.29 is 4.79 Å². The Labute approximate surface area is 91.2 Å². The van der Waals surface area contributed by atoms with Gasteiger partial charge in [-0.15, -0.1) is 0 Å². The van der Waals surface area contributed by atoms with Crippen LogP contribution in [0.25, 0.3) is 0 Å². The Hall–Kier alpha value is -0.570. The van der Waals surface area contributed by atoms with Crippen molar-refractivity contribution in [2.45, 2.75) is 57.5 Å². The van der Waals surface area contributed by atoms with Gasteiger partial charge in [-0.3, -0.25) is 10.1 Å². The quantitative estimate of drug-likeness (QED) is 0.708. The smallest absolute Gasteiger partial charge is 0.244 e. The van der Waals surface area contributed by atoms with Crippen LogP contribution in [0.2, 0.25) is 0 Å². The van der Waals surface area contributed by atoms with Crippen LogP contribution in [0.5, 0.6) is 0 Å². The summed E-state index contributed by atoms with van der Waals surface area (Å²) in [5.74, 6) is 0.377. The zero-order valence-electron chi connectivity index (χ0n) is 9.68. The molecule has 15 heavy (non-hydrogen) atoms. The minimum atomic E-state index is -0.112. The molecule has 0 radical (unpaired) electrons. The zero-order chi connectivity index (χ0) is 10.7. The lowest BCUT2D eigenvalue weighted by atomic mass is 9.86. The van der Waals surface area contributed by atoms with Crippen molar-refractivity contribution in [2.24, 2.45) is 5.41 Å². The maximum Gasteiger partial charge on any atom is 0.244 e. The van der Waals surface area contributed by atoms with Crippen molar-refractivity contribution in [2.75, 3.05) is 6.67 Å². The highest BCUT2D eigenvalue weighted by atomic mass is 16.2. The van der Waals surface area contributed by atoms with Gasteiger partial charge in [0.15, 0.2) is 0 Å². The largest absolute Gasteiger partial charge is 0.325 e. The topological polar surface area (TPSA) is 32.3 Å². The molecule has 1 aliphatic heterocycles. The molecule has 0 aromatic carbocycles. The molecular weight excluding hydrogens is 188 g/mol. The van der Waals surface area contributed by atoms with Gasteiger partial charge in [-0.1, -0.05) is 20.3 Å². The second-order valence-corrected chi connectivity index (χ2v) is 6.09. The van der Waals surface area contributed by atoms with E-state index in [1.807, 2.05) is 0 Å². The van der Waals surface area contributed by atoms with E-state index in [0.29, 0.717) is 17.4 Å². The normalized spacial score (nSPS) is 36.5. The number of carbonyl (C=O) groups excluding carboxylic acids is 1. The summed E-state index contributed by atoms with van der Waals surface area (Å²) in [7, 11) is 0. The predicted octanol–water partition coefficient (Wildman–Crippen LogP) is 1.49. The molecule has 0 aromatic heterocycles. The Balaban J connectivity index is 1.81. The van der Waals surface area contributed by atoms with Crippen LogP contribution in [0.15, 0.2) is 0 Å². The fourth-order valence-electron chi connectivity index (χ4n) is 3.31. The van der Waals surface area contributed by atoms with Crippen LogP contribution < -0.4 is 5.32 Å². The lowest BCUT2D eigenvalue weighted by Gasteiger charge is -2.34. The highest BCUT2D eigenvalue weighted by Gasteiger charge is 2.58. The van der Waals surface area contributed by atoms with Crippen LogP contribution >= 0.6 is 0 Å². The standard InChI is InChI=1S/C12H20N2O/c1-11(2)5-3-4-9(11)14-8-13-12(6-7-12)10(14)15/h9,13H,3-8H2,1-2H3. The van der Waals surface area contributed by atoms with E-state index in [2.05, 4.69) is 24.1 Å². The molecule has 1 spiro atoms. The Morgan fingerprint density at radius 1 is 1.33 bits per heavy atom. The summed E-state index contributed by atoms with van der Waals surface area (Å²) in [6, 6.07) is 0.470. The molecule has 3 rings (SSSR count). The first-order valence-corrected chi connectivity index (χ1v) is 6.11. The van der Waals surface area contributed by atoms with Gasteiger partial charge in [0.1, 0.15) is 0 Å².